The van der Waals surface area contributed by atoms with Gasteiger partial charge in [0.1, 0.15) is 11.4 Å². The van der Waals surface area contributed by atoms with E-state index < -0.39 is 18.0 Å². The van der Waals surface area contributed by atoms with Gasteiger partial charge in [0, 0.05) is 6.42 Å². The highest BCUT2D eigenvalue weighted by molar-refractivity contribution is 5.33. The molecule has 100 valence electrons. The van der Waals surface area contributed by atoms with E-state index in [4.69, 9.17) is 9.47 Å². The summed E-state index contributed by atoms with van der Waals surface area (Å²) in [6, 6.07) is 6.67. The van der Waals surface area contributed by atoms with Crippen LogP contribution in [0.5, 0.6) is 5.75 Å². The lowest BCUT2D eigenvalue weighted by atomic mass is 9.87. The molecule has 0 saturated carbocycles. The molecular formula is C13H18O5. The normalized spacial score (nSPS) is 21.7. The average Bonchev–Trinajstić information content (AvgIpc) is 2.81. The molecule has 1 aromatic rings. The number of ether oxygens (including phenoxy) is 2. The van der Waals surface area contributed by atoms with Gasteiger partial charge in [0.15, 0.2) is 5.79 Å². The van der Waals surface area contributed by atoms with E-state index in [0.29, 0.717) is 18.8 Å². The first kappa shape index (κ1) is 13.3. The molecule has 5 heteroatoms. The van der Waals surface area contributed by atoms with Crippen molar-refractivity contribution >= 4 is 0 Å². The zero-order chi connectivity index (χ0) is 13.2. The standard InChI is InChI=1S/C13H18O5/c1-12(17-6-7-18-12)13(16,9-14)8-10-4-2-3-5-11(10)15/h2-5,14-16H,6-9H2,1H3. The first-order valence-electron chi connectivity index (χ1n) is 5.89. The highest BCUT2D eigenvalue weighted by Gasteiger charge is 2.51. The second-order valence-corrected chi connectivity index (χ2v) is 4.64. The van der Waals surface area contributed by atoms with Crippen LogP contribution in [0.25, 0.3) is 0 Å². The molecule has 1 aliphatic heterocycles. The summed E-state index contributed by atoms with van der Waals surface area (Å²) in [4.78, 5) is 0. The second-order valence-electron chi connectivity index (χ2n) is 4.64. The van der Waals surface area contributed by atoms with Crippen LogP contribution in [-0.4, -0.2) is 46.5 Å². The van der Waals surface area contributed by atoms with Gasteiger partial charge in [-0.05, 0) is 18.6 Å². The van der Waals surface area contributed by atoms with Gasteiger partial charge in [-0.1, -0.05) is 18.2 Å². The summed E-state index contributed by atoms with van der Waals surface area (Å²) in [7, 11) is 0. The van der Waals surface area contributed by atoms with Crippen molar-refractivity contribution in [3.63, 3.8) is 0 Å². The quantitative estimate of drug-likeness (QED) is 0.725. The number of rotatable bonds is 4. The van der Waals surface area contributed by atoms with Crippen molar-refractivity contribution in [2.24, 2.45) is 0 Å². The van der Waals surface area contributed by atoms with Crippen LogP contribution in [0.2, 0.25) is 0 Å². The largest absolute Gasteiger partial charge is 0.508 e. The molecule has 0 spiro atoms. The van der Waals surface area contributed by atoms with E-state index in [0.717, 1.165) is 0 Å². The molecule has 1 aliphatic rings. The minimum Gasteiger partial charge on any atom is -0.508 e. The maximum absolute atomic E-state index is 10.5. The summed E-state index contributed by atoms with van der Waals surface area (Å²) in [5.41, 5.74) is -1.06. The van der Waals surface area contributed by atoms with Crippen molar-refractivity contribution in [3.8, 4) is 5.75 Å². The maximum atomic E-state index is 10.5. The summed E-state index contributed by atoms with van der Waals surface area (Å²) in [5, 5.41) is 29.7. The van der Waals surface area contributed by atoms with E-state index in [1.165, 1.54) is 6.07 Å². The molecule has 1 saturated heterocycles. The first-order valence-corrected chi connectivity index (χ1v) is 5.89. The van der Waals surface area contributed by atoms with Gasteiger partial charge in [-0.2, -0.15) is 0 Å². The van der Waals surface area contributed by atoms with Crippen molar-refractivity contribution in [1.82, 2.24) is 0 Å². The zero-order valence-electron chi connectivity index (χ0n) is 10.3. The smallest absolute Gasteiger partial charge is 0.197 e. The summed E-state index contributed by atoms with van der Waals surface area (Å²) in [6.07, 6.45) is 0.0483. The van der Waals surface area contributed by atoms with Crippen LogP contribution in [0.3, 0.4) is 0 Å². The fourth-order valence-electron chi connectivity index (χ4n) is 2.12. The third-order valence-electron chi connectivity index (χ3n) is 3.42. The number of phenols is 1. The number of aliphatic hydroxyl groups is 2. The van der Waals surface area contributed by atoms with Gasteiger partial charge in [-0.15, -0.1) is 0 Å². The van der Waals surface area contributed by atoms with Crippen LogP contribution in [0, 0.1) is 0 Å². The van der Waals surface area contributed by atoms with Gasteiger partial charge >= 0.3 is 0 Å². The number of hydrogen-bond donors (Lipinski definition) is 3. The lowest BCUT2D eigenvalue weighted by Gasteiger charge is -2.39. The van der Waals surface area contributed by atoms with Crippen LogP contribution >= 0.6 is 0 Å². The Kier molecular flexibility index (Phi) is 3.59. The molecule has 3 N–H and O–H groups in total. The summed E-state index contributed by atoms with van der Waals surface area (Å²) in [5.74, 6) is -1.18. The molecule has 1 unspecified atom stereocenters. The molecule has 5 nitrogen and oxygen atoms in total. The van der Waals surface area contributed by atoms with Crippen LogP contribution in [0.1, 0.15) is 12.5 Å². The fraction of sp³-hybridized carbons (Fsp3) is 0.538. The summed E-state index contributed by atoms with van der Waals surface area (Å²) >= 11 is 0. The Morgan fingerprint density at radius 1 is 1.28 bits per heavy atom. The highest BCUT2D eigenvalue weighted by Crippen LogP contribution is 2.35. The SMILES string of the molecule is CC1(C(O)(CO)Cc2ccccc2O)OCCO1. The van der Waals surface area contributed by atoms with E-state index in [2.05, 4.69) is 0 Å². The van der Waals surface area contributed by atoms with Crippen LogP contribution in [-0.2, 0) is 15.9 Å². The zero-order valence-corrected chi connectivity index (χ0v) is 10.3. The molecular weight excluding hydrogens is 236 g/mol. The van der Waals surface area contributed by atoms with Crippen molar-refractivity contribution in [3.05, 3.63) is 29.8 Å². The van der Waals surface area contributed by atoms with Gasteiger partial charge in [0.2, 0.25) is 0 Å². The van der Waals surface area contributed by atoms with E-state index >= 15 is 0 Å². The van der Waals surface area contributed by atoms with Gasteiger partial charge in [-0.25, -0.2) is 0 Å². The van der Waals surface area contributed by atoms with Crippen LogP contribution in [0.15, 0.2) is 24.3 Å². The molecule has 1 heterocycles. The van der Waals surface area contributed by atoms with Crippen molar-refractivity contribution in [2.75, 3.05) is 19.8 Å². The summed E-state index contributed by atoms with van der Waals surface area (Å²) in [6.45, 7) is 1.83. The van der Waals surface area contributed by atoms with Crippen LogP contribution < -0.4 is 0 Å². The number of hydrogen-bond acceptors (Lipinski definition) is 5. The van der Waals surface area contributed by atoms with E-state index in [-0.39, 0.29) is 12.2 Å². The predicted molar refractivity (Wildman–Crippen MR) is 64.2 cm³/mol. The Bertz CT molecular complexity index is 414. The Morgan fingerprint density at radius 2 is 1.89 bits per heavy atom. The third-order valence-corrected chi connectivity index (χ3v) is 3.42. The molecule has 0 bridgehead atoms. The van der Waals surface area contributed by atoms with Crippen molar-refractivity contribution in [2.45, 2.75) is 24.7 Å². The maximum Gasteiger partial charge on any atom is 0.197 e. The first-order chi connectivity index (χ1) is 8.51. The van der Waals surface area contributed by atoms with Gasteiger partial charge in [0.05, 0.1) is 19.8 Å². The highest BCUT2D eigenvalue weighted by atomic mass is 16.7. The molecule has 0 aromatic heterocycles. The Morgan fingerprint density at radius 3 is 2.44 bits per heavy atom. The van der Waals surface area contributed by atoms with E-state index in [9.17, 15) is 15.3 Å². The molecule has 0 aliphatic carbocycles. The van der Waals surface area contributed by atoms with Gasteiger partial charge in [-0.3, -0.25) is 0 Å². The number of benzene rings is 1. The van der Waals surface area contributed by atoms with Gasteiger partial charge in [0.25, 0.3) is 0 Å². The Hall–Kier alpha value is -1.14. The van der Waals surface area contributed by atoms with Crippen LogP contribution in [0.4, 0.5) is 0 Å². The minimum atomic E-state index is -1.59. The molecule has 18 heavy (non-hydrogen) atoms. The second kappa shape index (κ2) is 4.85. The number of para-hydroxylation sites is 1. The Balaban J connectivity index is 2.26. The predicted octanol–water partition coefficient (Wildman–Crippen LogP) is 0.421. The summed E-state index contributed by atoms with van der Waals surface area (Å²) < 4.78 is 10.8. The molecule has 1 fully saturated rings. The number of aliphatic hydroxyl groups excluding tert-OH is 1. The monoisotopic (exact) mass is 254 g/mol. The minimum absolute atomic E-state index is 0.0483. The molecule has 0 radical (unpaired) electrons. The Labute approximate surface area is 106 Å². The van der Waals surface area contributed by atoms with E-state index in [1.54, 1.807) is 25.1 Å². The number of aromatic hydroxyl groups is 1. The number of phenolic OH excluding ortho intramolecular Hbond substituents is 1. The van der Waals surface area contributed by atoms with Crippen molar-refractivity contribution in [1.29, 1.82) is 0 Å². The average molecular weight is 254 g/mol. The fourth-order valence-corrected chi connectivity index (χ4v) is 2.12. The lowest BCUT2D eigenvalue weighted by molar-refractivity contribution is -0.268. The van der Waals surface area contributed by atoms with Crippen molar-refractivity contribution < 1.29 is 24.8 Å². The lowest BCUT2D eigenvalue weighted by Crippen LogP contribution is -2.57. The van der Waals surface area contributed by atoms with Gasteiger partial charge < -0.3 is 24.8 Å². The van der Waals surface area contributed by atoms with E-state index in [1.807, 2.05) is 0 Å². The molecule has 0 amide bonds. The third kappa shape index (κ3) is 2.22. The molecule has 2 rings (SSSR count). The molecule has 1 aromatic carbocycles. The molecule has 1 atom stereocenters. The topological polar surface area (TPSA) is 79.2 Å².